The molecule has 0 spiro atoms. The molecule has 28 heavy (non-hydrogen) atoms. The van der Waals surface area contributed by atoms with Crippen molar-refractivity contribution in [1.29, 1.82) is 0 Å². The van der Waals surface area contributed by atoms with Crippen LogP contribution in [0.15, 0.2) is 48.5 Å². The van der Waals surface area contributed by atoms with Gasteiger partial charge in [-0.05, 0) is 43.9 Å². The zero-order valence-corrected chi connectivity index (χ0v) is 16.0. The fourth-order valence-electron chi connectivity index (χ4n) is 3.87. The standard InChI is InChI=1S/C23H24N2O3/c1-16-9-10-18-19(14-16)22(28)25(21(18)27)13-5-8-20(26)24-15-23(11-12-23)17-6-3-2-4-7-17/h2-4,6-7,9-10,14H,5,8,11-13,15H2,1H3,(H,24,26). The largest absolute Gasteiger partial charge is 0.355 e. The summed E-state index contributed by atoms with van der Waals surface area (Å²) in [5, 5.41) is 3.03. The lowest BCUT2D eigenvalue weighted by atomic mass is 9.96. The average molecular weight is 376 g/mol. The number of aryl methyl sites for hydroxylation is 1. The Hall–Kier alpha value is -2.95. The average Bonchev–Trinajstić information content (AvgIpc) is 3.46. The molecule has 0 aromatic heterocycles. The lowest BCUT2D eigenvalue weighted by Crippen LogP contribution is -2.34. The summed E-state index contributed by atoms with van der Waals surface area (Å²) >= 11 is 0. The summed E-state index contributed by atoms with van der Waals surface area (Å²) in [5.41, 5.74) is 3.23. The molecule has 0 unspecified atom stereocenters. The summed E-state index contributed by atoms with van der Waals surface area (Å²) in [5.74, 6) is -0.554. The smallest absolute Gasteiger partial charge is 0.261 e. The van der Waals surface area contributed by atoms with Gasteiger partial charge in [-0.15, -0.1) is 0 Å². The molecule has 2 aromatic carbocycles. The van der Waals surface area contributed by atoms with Crippen LogP contribution in [0.4, 0.5) is 0 Å². The molecule has 2 aliphatic rings. The Kier molecular flexibility index (Phi) is 4.75. The number of carbonyl (C=O) groups excluding carboxylic acids is 3. The van der Waals surface area contributed by atoms with Gasteiger partial charge < -0.3 is 5.32 Å². The highest BCUT2D eigenvalue weighted by Gasteiger charge is 2.44. The molecule has 5 heteroatoms. The van der Waals surface area contributed by atoms with Gasteiger partial charge in [-0.2, -0.15) is 0 Å². The SMILES string of the molecule is Cc1ccc2c(c1)C(=O)N(CCCC(=O)NCC1(c3ccccc3)CC1)C2=O. The van der Waals surface area contributed by atoms with E-state index in [1.54, 1.807) is 12.1 Å². The number of fused-ring (bicyclic) bond motifs is 1. The highest BCUT2D eigenvalue weighted by atomic mass is 16.2. The van der Waals surface area contributed by atoms with E-state index in [0.29, 0.717) is 30.5 Å². The van der Waals surface area contributed by atoms with Crippen LogP contribution in [0.3, 0.4) is 0 Å². The molecular formula is C23H24N2O3. The number of rotatable bonds is 7. The van der Waals surface area contributed by atoms with Crippen molar-refractivity contribution in [2.75, 3.05) is 13.1 Å². The van der Waals surface area contributed by atoms with Crippen molar-refractivity contribution in [2.24, 2.45) is 0 Å². The van der Waals surface area contributed by atoms with Gasteiger partial charge in [-0.1, -0.05) is 42.0 Å². The molecule has 0 radical (unpaired) electrons. The van der Waals surface area contributed by atoms with Crippen molar-refractivity contribution in [1.82, 2.24) is 10.2 Å². The molecular weight excluding hydrogens is 352 g/mol. The number of carbonyl (C=O) groups is 3. The van der Waals surface area contributed by atoms with Crippen molar-refractivity contribution in [3.63, 3.8) is 0 Å². The van der Waals surface area contributed by atoms with Gasteiger partial charge in [0.05, 0.1) is 11.1 Å². The van der Waals surface area contributed by atoms with Crippen LogP contribution in [0.5, 0.6) is 0 Å². The van der Waals surface area contributed by atoms with Crippen LogP contribution in [0, 0.1) is 6.92 Å². The normalized spacial score (nSPS) is 16.8. The van der Waals surface area contributed by atoms with Gasteiger partial charge in [0.1, 0.15) is 0 Å². The van der Waals surface area contributed by atoms with Crippen LogP contribution < -0.4 is 5.32 Å². The summed E-state index contributed by atoms with van der Waals surface area (Å²) in [4.78, 5) is 38.4. The first-order valence-corrected chi connectivity index (χ1v) is 9.79. The van der Waals surface area contributed by atoms with Crippen LogP contribution >= 0.6 is 0 Å². The van der Waals surface area contributed by atoms with E-state index in [9.17, 15) is 14.4 Å². The molecule has 0 atom stereocenters. The van der Waals surface area contributed by atoms with Gasteiger partial charge in [0.2, 0.25) is 5.91 Å². The number of amides is 3. The number of hydrogen-bond acceptors (Lipinski definition) is 3. The van der Waals surface area contributed by atoms with Gasteiger partial charge in [0.15, 0.2) is 0 Å². The third-order valence-corrected chi connectivity index (χ3v) is 5.78. The molecule has 4 rings (SSSR count). The Labute approximate surface area is 164 Å². The van der Waals surface area contributed by atoms with E-state index in [1.165, 1.54) is 10.5 Å². The molecule has 1 fully saturated rings. The number of nitrogens with zero attached hydrogens (tertiary/aromatic N) is 1. The quantitative estimate of drug-likeness (QED) is 0.755. The van der Waals surface area contributed by atoms with Crippen molar-refractivity contribution in [3.05, 3.63) is 70.8 Å². The molecule has 1 aliphatic carbocycles. The number of hydrogen-bond donors (Lipinski definition) is 1. The molecule has 0 bridgehead atoms. The molecule has 1 heterocycles. The van der Waals surface area contributed by atoms with Crippen molar-refractivity contribution in [2.45, 2.75) is 38.0 Å². The lowest BCUT2D eigenvalue weighted by Gasteiger charge is -2.17. The van der Waals surface area contributed by atoms with Crippen LogP contribution in [0.1, 0.15) is 57.5 Å². The Morgan fingerprint density at radius 3 is 2.46 bits per heavy atom. The predicted molar refractivity (Wildman–Crippen MR) is 106 cm³/mol. The highest BCUT2D eigenvalue weighted by molar-refractivity contribution is 6.21. The maximum Gasteiger partial charge on any atom is 0.261 e. The van der Waals surface area contributed by atoms with E-state index in [0.717, 1.165) is 18.4 Å². The molecule has 144 valence electrons. The van der Waals surface area contributed by atoms with E-state index in [-0.39, 0.29) is 29.7 Å². The zero-order valence-electron chi connectivity index (χ0n) is 16.0. The molecule has 1 saturated carbocycles. The lowest BCUT2D eigenvalue weighted by molar-refractivity contribution is -0.121. The first-order chi connectivity index (χ1) is 13.5. The number of benzene rings is 2. The van der Waals surface area contributed by atoms with Crippen LogP contribution in [0.25, 0.3) is 0 Å². The van der Waals surface area contributed by atoms with E-state index >= 15 is 0 Å². The third-order valence-electron chi connectivity index (χ3n) is 5.78. The van der Waals surface area contributed by atoms with Gasteiger partial charge >= 0.3 is 0 Å². The molecule has 3 amide bonds. The number of imide groups is 1. The second kappa shape index (κ2) is 7.23. The summed E-state index contributed by atoms with van der Waals surface area (Å²) in [7, 11) is 0. The number of nitrogens with one attached hydrogen (secondary N) is 1. The Bertz CT molecular complexity index is 932. The fourth-order valence-corrected chi connectivity index (χ4v) is 3.87. The topological polar surface area (TPSA) is 66.5 Å². The van der Waals surface area contributed by atoms with Crippen LogP contribution in [0.2, 0.25) is 0 Å². The van der Waals surface area contributed by atoms with Gasteiger partial charge in [0.25, 0.3) is 11.8 Å². The predicted octanol–water partition coefficient (Wildman–Crippen LogP) is 3.22. The Morgan fingerprint density at radius 2 is 1.75 bits per heavy atom. The second-order valence-electron chi connectivity index (χ2n) is 7.84. The molecule has 5 nitrogen and oxygen atoms in total. The van der Waals surface area contributed by atoms with Gasteiger partial charge in [-0.25, -0.2) is 0 Å². The van der Waals surface area contributed by atoms with Gasteiger partial charge in [0, 0.05) is 24.9 Å². The molecule has 1 aliphatic heterocycles. The van der Waals surface area contributed by atoms with Crippen molar-refractivity contribution >= 4 is 17.7 Å². The summed E-state index contributed by atoms with van der Waals surface area (Å²) in [6.45, 7) is 2.80. The zero-order chi connectivity index (χ0) is 19.7. The van der Waals surface area contributed by atoms with E-state index in [2.05, 4.69) is 17.4 Å². The first kappa shape index (κ1) is 18.4. The van der Waals surface area contributed by atoms with E-state index in [4.69, 9.17) is 0 Å². The molecule has 2 aromatic rings. The maximum absolute atomic E-state index is 12.5. The van der Waals surface area contributed by atoms with Crippen LogP contribution in [-0.2, 0) is 10.2 Å². The summed E-state index contributed by atoms with van der Waals surface area (Å²) in [6.07, 6.45) is 2.95. The van der Waals surface area contributed by atoms with E-state index in [1.807, 2.05) is 31.2 Å². The first-order valence-electron chi connectivity index (χ1n) is 9.79. The minimum Gasteiger partial charge on any atom is -0.355 e. The third kappa shape index (κ3) is 3.44. The van der Waals surface area contributed by atoms with E-state index < -0.39 is 0 Å². The molecule has 1 N–H and O–H groups in total. The highest BCUT2D eigenvalue weighted by Crippen LogP contribution is 2.47. The van der Waals surface area contributed by atoms with Crippen molar-refractivity contribution in [3.8, 4) is 0 Å². The fraction of sp³-hybridized carbons (Fsp3) is 0.348. The maximum atomic E-state index is 12.5. The minimum absolute atomic E-state index is 0.0327. The Balaban J connectivity index is 1.26. The summed E-state index contributed by atoms with van der Waals surface area (Å²) < 4.78 is 0. The molecule has 0 saturated heterocycles. The summed E-state index contributed by atoms with van der Waals surface area (Å²) in [6, 6.07) is 15.6. The monoisotopic (exact) mass is 376 g/mol. The van der Waals surface area contributed by atoms with Gasteiger partial charge in [-0.3, -0.25) is 19.3 Å². The van der Waals surface area contributed by atoms with Crippen LogP contribution in [-0.4, -0.2) is 35.7 Å². The Morgan fingerprint density at radius 1 is 1.04 bits per heavy atom. The minimum atomic E-state index is -0.263. The van der Waals surface area contributed by atoms with Crippen molar-refractivity contribution < 1.29 is 14.4 Å². The second-order valence-corrected chi connectivity index (χ2v) is 7.84.